The minimum absolute atomic E-state index is 0.209. The summed E-state index contributed by atoms with van der Waals surface area (Å²) >= 11 is 0. The molecule has 1 amide bonds. The number of carbonyl (C=O) groups is 1. The van der Waals surface area contributed by atoms with Crippen molar-refractivity contribution in [3.05, 3.63) is 0 Å². The predicted molar refractivity (Wildman–Crippen MR) is 48.3 cm³/mol. The van der Waals surface area contributed by atoms with Crippen molar-refractivity contribution in [3.63, 3.8) is 0 Å². The summed E-state index contributed by atoms with van der Waals surface area (Å²) in [6, 6.07) is 0. The zero-order valence-corrected chi connectivity index (χ0v) is 7.68. The van der Waals surface area contributed by atoms with Crippen LogP contribution in [-0.4, -0.2) is 12.5 Å². The molecule has 0 spiro atoms. The van der Waals surface area contributed by atoms with Gasteiger partial charge in [-0.15, -0.1) is 11.8 Å². The first kappa shape index (κ1) is 9.12. The SMILES string of the molecule is CC#CCCNC(=O)C1CC1C. The third-order valence-electron chi connectivity index (χ3n) is 2.17. The highest BCUT2D eigenvalue weighted by Gasteiger charge is 2.38. The molecule has 0 heterocycles. The van der Waals surface area contributed by atoms with Gasteiger partial charge in [-0.1, -0.05) is 6.92 Å². The number of carbonyl (C=O) groups excluding carboxylic acids is 1. The molecule has 0 aromatic rings. The fourth-order valence-corrected chi connectivity index (χ4v) is 1.19. The molecule has 0 bridgehead atoms. The lowest BCUT2D eigenvalue weighted by Crippen LogP contribution is -2.26. The van der Waals surface area contributed by atoms with Gasteiger partial charge in [0.25, 0.3) is 0 Å². The second kappa shape index (κ2) is 4.15. The topological polar surface area (TPSA) is 29.1 Å². The van der Waals surface area contributed by atoms with Crippen LogP contribution in [0.25, 0.3) is 0 Å². The van der Waals surface area contributed by atoms with Crippen LogP contribution in [0.5, 0.6) is 0 Å². The van der Waals surface area contributed by atoms with Gasteiger partial charge >= 0.3 is 0 Å². The van der Waals surface area contributed by atoms with Crippen LogP contribution < -0.4 is 5.32 Å². The van der Waals surface area contributed by atoms with Gasteiger partial charge < -0.3 is 5.32 Å². The molecule has 2 nitrogen and oxygen atoms in total. The molecule has 0 aliphatic heterocycles. The summed E-state index contributed by atoms with van der Waals surface area (Å²) < 4.78 is 0. The molecule has 2 unspecified atom stereocenters. The van der Waals surface area contributed by atoms with Crippen LogP contribution >= 0.6 is 0 Å². The molecule has 1 fully saturated rings. The summed E-state index contributed by atoms with van der Waals surface area (Å²) in [7, 11) is 0. The van der Waals surface area contributed by atoms with Crippen LogP contribution in [0.15, 0.2) is 0 Å². The standard InChI is InChI=1S/C10H15NO/c1-3-4-5-6-11-10(12)9-7-8(9)2/h8-9H,5-7H2,1-2H3,(H,11,12). The Hall–Kier alpha value is -0.970. The van der Waals surface area contributed by atoms with Crippen molar-refractivity contribution in [2.45, 2.75) is 26.7 Å². The third kappa shape index (κ3) is 2.58. The lowest BCUT2D eigenvalue weighted by molar-refractivity contribution is -0.122. The average molecular weight is 165 g/mol. The monoisotopic (exact) mass is 165 g/mol. The first-order chi connectivity index (χ1) is 5.75. The highest BCUT2D eigenvalue weighted by Crippen LogP contribution is 2.37. The number of amides is 1. The van der Waals surface area contributed by atoms with Crippen LogP contribution in [0.4, 0.5) is 0 Å². The summed E-state index contributed by atoms with van der Waals surface area (Å²) in [5.74, 6) is 6.80. The van der Waals surface area contributed by atoms with Gasteiger partial charge in [-0.2, -0.15) is 0 Å². The molecule has 1 rings (SSSR count). The maximum atomic E-state index is 11.2. The van der Waals surface area contributed by atoms with Crippen molar-refractivity contribution in [2.24, 2.45) is 11.8 Å². The summed E-state index contributed by atoms with van der Waals surface area (Å²) in [4.78, 5) is 11.2. The van der Waals surface area contributed by atoms with Gasteiger partial charge in [0.15, 0.2) is 0 Å². The van der Waals surface area contributed by atoms with Crippen molar-refractivity contribution in [2.75, 3.05) is 6.54 Å². The van der Waals surface area contributed by atoms with E-state index < -0.39 is 0 Å². The number of nitrogens with one attached hydrogen (secondary N) is 1. The third-order valence-corrected chi connectivity index (χ3v) is 2.17. The lowest BCUT2D eigenvalue weighted by atomic mass is 10.3. The van der Waals surface area contributed by atoms with Gasteiger partial charge in [0, 0.05) is 18.9 Å². The Bertz CT molecular complexity index is 224. The van der Waals surface area contributed by atoms with E-state index in [1.54, 1.807) is 0 Å². The van der Waals surface area contributed by atoms with E-state index in [4.69, 9.17) is 0 Å². The molecule has 0 aromatic heterocycles. The highest BCUT2D eigenvalue weighted by molar-refractivity contribution is 5.81. The normalized spacial score (nSPS) is 25.5. The van der Waals surface area contributed by atoms with E-state index >= 15 is 0 Å². The molecular formula is C10H15NO. The molecule has 0 aromatic carbocycles. The van der Waals surface area contributed by atoms with E-state index in [-0.39, 0.29) is 5.91 Å². The molecule has 2 heteroatoms. The highest BCUT2D eigenvalue weighted by atomic mass is 16.2. The molecular weight excluding hydrogens is 150 g/mol. The van der Waals surface area contributed by atoms with Crippen molar-refractivity contribution in [1.29, 1.82) is 0 Å². The maximum absolute atomic E-state index is 11.2. The van der Waals surface area contributed by atoms with Gasteiger partial charge in [0.05, 0.1) is 0 Å². The molecule has 1 saturated carbocycles. The average Bonchev–Trinajstić information content (AvgIpc) is 2.76. The largest absolute Gasteiger partial charge is 0.355 e. The molecule has 66 valence electrons. The van der Waals surface area contributed by atoms with Crippen molar-refractivity contribution >= 4 is 5.91 Å². The Kier molecular flexibility index (Phi) is 3.16. The maximum Gasteiger partial charge on any atom is 0.223 e. The van der Waals surface area contributed by atoms with E-state index in [9.17, 15) is 4.79 Å². The minimum atomic E-state index is 0.209. The van der Waals surface area contributed by atoms with E-state index in [2.05, 4.69) is 24.1 Å². The molecule has 0 saturated heterocycles. The Balaban J connectivity index is 2.06. The van der Waals surface area contributed by atoms with Gasteiger partial charge in [0.2, 0.25) is 5.91 Å². The predicted octanol–water partition coefficient (Wildman–Crippen LogP) is 1.17. The van der Waals surface area contributed by atoms with Gasteiger partial charge in [0.1, 0.15) is 0 Å². The van der Waals surface area contributed by atoms with Crippen molar-refractivity contribution < 1.29 is 4.79 Å². The summed E-state index contributed by atoms with van der Waals surface area (Å²) in [5, 5.41) is 2.87. The summed E-state index contributed by atoms with van der Waals surface area (Å²) in [5.41, 5.74) is 0. The Morgan fingerprint density at radius 1 is 1.67 bits per heavy atom. The fourth-order valence-electron chi connectivity index (χ4n) is 1.19. The van der Waals surface area contributed by atoms with Crippen molar-refractivity contribution in [1.82, 2.24) is 5.32 Å². The first-order valence-corrected chi connectivity index (χ1v) is 4.43. The van der Waals surface area contributed by atoms with Crippen LogP contribution in [0, 0.1) is 23.7 Å². The summed E-state index contributed by atoms with van der Waals surface area (Å²) in [6.45, 7) is 4.61. The first-order valence-electron chi connectivity index (χ1n) is 4.43. The van der Waals surface area contributed by atoms with Crippen LogP contribution in [0.3, 0.4) is 0 Å². The minimum Gasteiger partial charge on any atom is -0.355 e. The van der Waals surface area contributed by atoms with Gasteiger partial charge in [-0.05, 0) is 19.3 Å². The number of hydrogen-bond donors (Lipinski definition) is 1. The quantitative estimate of drug-likeness (QED) is 0.493. The Morgan fingerprint density at radius 2 is 2.33 bits per heavy atom. The van der Waals surface area contributed by atoms with E-state index in [1.165, 1.54) is 0 Å². The zero-order valence-electron chi connectivity index (χ0n) is 7.68. The second-order valence-electron chi connectivity index (χ2n) is 3.29. The fraction of sp³-hybridized carbons (Fsp3) is 0.700. The van der Waals surface area contributed by atoms with Crippen LogP contribution in [0.1, 0.15) is 26.7 Å². The molecule has 0 radical (unpaired) electrons. The Morgan fingerprint density at radius 3 is 2.83 bits per heavy atom. The zero-order chi connectivity index (χ0) is 8.97. The van der Waals surface area contributed by atoms with E-state index in [0.717, 1.165) is 12.8 Å². The second-order valence-corrected chi connectivity index (χ2v) is 3.29. The van der Waals surface area contributed by atoms with E-state index in [1.807, 2.05) is 6.92 Å². The molecule has 1 aliphatic rings. The van der Waals surface area contributed by atoms with Gasteiger partial charge in [-0.3, -0.25) is 4.79 Å². The number of hydrogen-bond acceptors (Lipinski definition) is 1. The Labute approximate surface area is 73.7 Å². The molecule has 1 aliphatic carbocycles. The smallest absolute Gasteiger partial charge is 0.223 e. The van der Waals surface area contributed by atoms with Gasteiger partial charge in [-0.25, -0.2) is 0 Å². The summed E-state index contributed by atoms with van der Waals surface area (Å²) in [6.07, 6.45) is 1.83. The molecule has 2 atom stereocenters. The van der Waals surface area contributed by atoms with Crippen LogP contribution in [0.2, 0.25) is 0 Å². The number of rotatable bonds is 3. The van der Waals surface area contributed by atoms with E-state index in [0.29, 0.717) is 18.4 Å². The van der Waals surface area contributed by atoms with Crippen molar-refractivity contribution in [3.8, 4) is 11.8 Å². The molecule has 1 N–H and O–H groups in total. The lowest BCUT2D eigenvalue weighted by Gasteiger charge is -1.99. The van der Waals surface area contributed by atoms with Crippen LogP contribution in [-0.2, 0) is 4.79 Å². The molecule has 12 heavy (non-hydrogen) atoms.